The van der Waals surface area contributed by atoms with E-state index in [2.05, 4.69) is 19.9 Å². The van der Waals surface area contributed by atoms with Gasteiger partial charge in [0.05, 0.1) is 13.7 Å². The summed E-state index contributed by atoms with van der Waals surface area (Å²) in [7, 11) is 1.35. The molecule has 0 bridgehead atoms. The fourth-order valence-corrected chi connectivity index (χ4v) is 4.43. The summed E-state index contributed by atoms with van der Waals surface area (Å²) in [6.07, 6.45) is -1.33. The van der Waals surface area contributed by atoms with E-state index in [1.807, 2.05) is 4.90 Å². The predicted molar refractivity (Wildman–Crippen MR) is 129 cm³/mol. The van der Waals surface area contributed by atoms with Crippen LogP contribution < -0.4 is 15.2 Å². The molecule has 0 amide bonds. The van der Waals surface area contributed by atoms with Crippen LogP contribution in [-0.2, 0) is 12.7 Å². The number of piperidine rings is 1. The van der Waals surface area contributed by atoms with E-state index in [0.29, 0.717) is 42.9 Å². The van der Waals surface area contributed by atoms with Gasteiger partial charge in [-0.05, 0) is 43.2 Å². The molecule has 13 heteroatoms. The van der Waals surface area contributed by atoms with Crippen molar-refractivity contribution < 1.29 is 32.2 Å². The van der Waals surface area contributed by atoms with Crippen molar-refractivity contribution in [3.63, 3.8) is 0 Å². The van der Waals surface area contributed by atoms with Crippen molar-refractivity contribution in [2.45, 2.75) is 37.9 Å². The molecule has 1 aliphatic heterocycles. The summed E-state index contributed by atoms with van der Waals surface area (Å²) < 4.78 is 56.8. The number of nitrogens with zero attached hydrogens (tertiary/aromatic N) is 5. The van der Waals surface area contributed by atoms with Crippen LogP contribution >= 0.6 is 0 Å². The zero-order valence-corrected chi connectivity index (χ0v) is 20.4. The van der Waals surface area contributed by atoms with Crippen molar-refractivity contribution in [2.75, 3.05) is 20.2 Å². The minimum Gasteiger partial charge on any atom is -0.494 e. The number of benzene rings is 1. The molecule has 0 spiro atoms. The van der Waals surface area contributed by atoms with Crippen molar-refractivity contribution in [1.29, 1.82) is 0 Å². The Hall–Kier alpha value is -3.81. The Morgan fingerprint density at radius 3 is 2.53 bits per heavy atom. The molecule has 1 aromatic carbocycles. The smallest absolute Gasteiger partial charge is 0.433 e. The van der Waals surface area contributed by atoms with Gasteiger partial charge in [-0.25, -0.2) is 19.9 Å². The van der Waals surface area contributed by atoms with Gasteiger partial charge in [0.25, 0.3) is 0 Å². The summed E-state index contributed by atoms with van der Waals surface area (Å²) >= 11 is 0. The molecule has 1 fully saturated rings. The van der Waals surface area contributed by atoms with E-state index in [4.69, 9.17) is 19.6 Å². The lowest BCUT2D eigenvalue weighted by Crippen LogP contribution is -2.41. The summed E-state index contributed by atoms with van der Waals surface area (Å²) in [5.74, 6) is 0.548. The molecule has 0 radical (unpaired) electrons. The number of pyridine rings is 1. The number of oxazole rings is 1. The zero-order chi connectivity index (χ0) is 26.9. The number of hydrogen-bond acceptors (Lipinski definition) is 10. The van der Waals surface area contributed by atoms with E-state index < -0.39 is 18.1 Å². The second-order valence-electron chi connectivity index (χ2n) is 8.70. The quantitative estimate of drug-likeness (QED) is 0.364. The summed E-state index contributed by atoms with van der Waals surface area (Å²) in [5.41, 5.74) is 5.50. The highest BCUT2D eigenvalue weighted by Crippen LogP contribution is 2.38. The van der Waals surface area contributed by atoms with Crippen LogP contribution in [0.25, 0.3) is 22.4 Å². The molecule has 3 aromatic heterocycles. The Morgan fingerprint density at radius 1 is 1.13 bits per heavy atom. The fourth-order valence-electron chi connectivity index (χ4n) is 4.43. The molecule has 1 saturated heterocycles. The monoisotopic (exact) mass is 530 g/mol. The number of rotatable bonds is 7. The number of alkyl halides is 3. The number of likely N-dealkylation sites (tertiary alicyclic amines) is 1. The molecule has 1 unspecified atom stereocenters. The Morgan fingerprint density at radius 2 is 1.87 bits per heavy atom. The molecule has 200 valence electrons. The van der Waals surface area contributed by atoms with Gasteiger partial charge in [-0.15, -0.1) is 0 Å². The first-order valence-electron chi connectivity index (χ1n) is 11.9. The van der Waals surface area contributed by atoms with Crippen LogP contribution in [0.15, 0.2) is 47.1 Å². The average Bonchev–Trinajstić information content (AvgIpc) is 3.36. The largest absolute Gasteiger partial charge is 0.494 e. The first-order valence-corrected chi connectivity index (χ1v) is 11.9. The molecule has 1 aliphatic rings. The molecule has 0 saturated carbocycles. The third-order valence-corrected chi connectivity index (χ3v) is 6.36. The van der Waals surface area contributed by atoms with Crippen molar-refractivity contribution in [1.82, 2.24) is 24.8 Å². The molecular formula is C25H25F3N6O4. The first-order chi connectivity index (χ1) is 18.3. The maximum atomic E-state index is 13.3. The van der Waals surface area contributed by atoms with Crippen molar-refractivity contribution in [2.24, 2.45) is 5.73 Å². The van der Waals surface area contributed by atoms with Crippen LogP contribution in [0.4, 0.5) is 13.2 Å². The molecule has 1 atom stereocenters. The maximum Gasteiger partial charge on any atom is 0.433 e. The predicted octanol–water partition coefficient (Wildman–Crippen LogP) is 3.70. The number of ether oxygens (including phenoxy) is 2. The first kappa shape index (κ1) is 25.8. The van der Waals surface area contributed by atoms with Gasteiger partial charge in [0.2, 0.25) is 5.89 Å². The van der Waals surface area contributed by atoms with Gasteiger partial charge < -0.3 is 24.7 Å². The van der Waals surface area contributed by atoms with Gasteiger partial charge in [-0.2, -0.15) is 13.2 Å². The highest BCUT2D eigenvalue weighted by molar-refractivity contribution is 5.96. The number of nitrogens with two attached hydrogens (primary N) is 1. The number of aliphatic hydroxyl groups is 1. The molecule has 38 heavy (non-hydrogen) atoms. The molecule has 3 N–H and O–H groups in total. The normalized spacial score (nSPS) is 16.1. The van der Waals surface area contributed by atoms with Crippen LogP contribution in [0.2, 0.25) is 0 Å². The van der Waals surface area contributed by atoms with E-state index in [1.54, 1.807) is 24.5 Å². The Bertz CT molecular complexity index is 1410. The number of aromatic nitrogens is 4. The summed E-state index contributed by atoms with van der Waals surface area (Å²) in [5, 5.41) is 11.5. The minimum absolute atomic E-state index is 0.0129. The Labute approximate surface area is 215 Å². The molecule has 5 rings (SSSR count). The lowest BCUT2D eigenvalue weighted by molar-refractivity contribution is -0.140. The lowest BCUT2D eigenvalue weighted by atomic mass is 10.1. The van der Waals surface area contributed by atoms with Gasteiger partial charge >= 0.3 is 12.2 Å². The topological polar surface area (TPSA) is 133 Å². The van der Waals surface area contributed by atoms with Crippen LogP contribution in [0.1, 0.15) is 36.2 Å². The molecule has 4 heterocycles. The van der Waals surface area contributed by atoms with Crippen LogP contribution in [0, 0.1) is 0 Å². The Balaban J connectivity index is 1.40. The highest BCUT2D eigenvalue weighted by Gasteiger charge is 2.34. The Kier molecular flexibility index (Phi) is 7.15. The number of aliphatic hydroxyl groups excluding tert-OH is 1. The molecule has 4 aromatic rings. The number of halogens is 3. The number of hydrogen-bond donors (Lipinski definition) is 2. The summed E-state index contributed by atoms with van der Waals surface area (Å²) in [4.78, 5) is 18.3. The van der Waals surface area contributed by atoms with E-state index in [0.717, 1.165) is 6.07 Å². The average molecular weight is 531 g/mol. The summed E-state index contributed by atoms with van der Waals surface area (Å²) in [6, 6.07) is 7.31. The molecule has 10 nitrogen and oxygen atoms in total. The summed E-state index contributed by atoms with van der Waals surface area (Å²) in [6.45, 7) is 0.996. The lowest BCUT2D eigenvalue weighted by Gasteiger charge is -2.34. The van der Waals surface area contributed by atoms with E-state index >= 15 is 0 Å². The SMILES string of the molecule is COc1ccc(-c2nc(C(O)N3CCC(Oc4ncccn4)CC3)c(CN)o2)c2ccc(C(F)(F)F)nc12. The van der Waals surface area contributed by atoms with Crippen LogP contribution in [0.5, 0.6) is 11.8 Å². The van der Waals surface area contributed by atoms with Gasteiger partial charge in [0, 0.05) is 36.4 Å². The van der Waals surface area contributed by atoms with Crippen LogP contribution in [-0.4, -0.2) is 56.2 Å². The van der Waals surface area contributed by atoms with E-state index in [1.165, 1.54) is 19.2 Å². The van der Waals surface area contributed by atoms with Crippen molar-refractivity contribution >= 4 is 10.9 Å². The van der Waals surface area contributed by atoms with Gasteiger partial charge in [-0.1, -0.05) is 0 Å². The minimum atomic E-state index is -4.62. The standard InChI is InChI=1S/C25H25F3N6O4/c1-36-17-5-3-16(15-4-6-19(25(26,27)28)32-20(15)17)22-33-21(18(13-29)38-22)23(35)34-11-7-14(8-12-34)37-24-30-9-2-10-31-24/h2-6,9-10,14,23,35H,7-8,11-13,29H2,1H3. The van der Waals surface area contributed by atoms with Crippen molar-refractivity contribution in [3.8, 4) is 23.2 Å². The molecular weight excluding hydrogens is 505 g/mol. The van der Waals surface area contributed by atoms with Crippen molar-refractivity contribution in [3.05, 3.63) is 59.9 Å². The highest BCUT2D eigenvalue weighted by atomic mass is 19.4. The number of methoxy groups -OCH3 is 1. The van der Waals surface area contributed by atoms with Gasteiger partial charge in [-0.3, -0.25) is 4.90 Å². The van der Waals surface area contributed by atoms with E-state index in [9.17, 15) is 18.3 Å². The second kappa shape index (κ2) is 10.5. The maximum absolute atomic E-state index is 13.3. The fraction of sp³-hybridized carbons (Fsp3) is 0.360. The van der Waals surface area contributed by atoms with Gasteiger partial charge in [0.15, 0.2) is 6.23 Å². The number of fused-ring (bicyclic) bond motifs is 1. The van der Waals surface area contributed by atoms with Gasteiger partial charge in [0.1, 0.15) is 34.5 Å². The second-order valence-corrected chi connectivity index (χ2v) is 8.70. The molecule has 0 aliphatic carbocycles. The van der Waals surface area contributed by atoms with Crippen LogP contribution in [0.3, 0.4) is 0 Å². The third kappa shape index (κ3) is 5.12. The van der Waals surface area contributed by atoms with E-state index in [-0.39, 0.29) is 41.3 Å². The third-order valence-electron chi connectivity index (χ3n) is 6.36. The zero-order valence-electron chi connectivity index (χ0n) is 20.4.